The smallest absolute Gasteiger partial charge is 0.251 e. The number of rotatable bonds is 17. The first-order chi connectivity index (χ1) is 17.9. The first-order valence-corrected chi connectivity index (χ1v) is 14.3. The van der Waals surface area contributed by atoms with Gasteiger partial charge < -0.3 is 14.7 Å². The third-order valence-corrected chi connectivity index (χ3v) is 6.90. The highest BCUT2D eigenvalue weighted by molar-refractivity contribution is 5.94. The summed E-state index contributed by atoms with van der Waals surface area (Å²) in [5, 5.41) is 3.08. The molecule has 0 bridgehead atoms. The number of likely N-dealkylation sites (N-methyl/N-ethyl adjacent to an activating group) is 2. The number of hydrogen-bond acceptors (Lipinski definition) is 2. The summed E-state index contributed by atoms with van der Waals surface area (Å²) in [6.45, 7) is 14.7. The van der Waals surface area contributed by atoms with Crippen LogP contribution >= 0.6 is 0 Å². The molecule has 0 aliphatic rings. The lowest BCUT2D eigenvalue weighted by molar-refractivity contribution is -0.888. The van der Waals surface area contributed by atoms with Gasteiger partial charge in [0.25, 0.3) is 5.91 Å². The number of carbonyl (C=O) groups excluding carboxylic acids is 1. The SMILES string of the molecule is CC(C)=CCCC(C)=CCCC(C)=CCCC(C)=Cc1ccc(C(=O)NCC[N+](C)(C)CCN(C)C)cc1. The van der Waals surface area contributed by atoms with Gasteiger partial charge in [0.05, 0.1) is 33.7 Å². The Kier molecular flexibility index (Phi) is 15.9. The predicted molar refractivity (Wildman–Crippen MR) is 167 cm³/mol. The average molecular weight is 523 g/mol. The third-order valence-electron chi connectivity index (χ3n) is 6.90. The van der Waals surface area contributed by atoms with Crippen LogP contribution in [0.3, 0.4) is 0 Å². The average Bonchev–Trinajstić information content (AvgIpc) is 2.83. The summed E-state index contributed by atoms with van der Waals surface area (Å²) < 4.78 is 0.893. The molecule has 1 N–H and O–H groups in total. The van der Waals surface area contributed by atoms with Crippen molar-refractivity contribution in [2.24, 2.45) is 0 Å². The summed E-state index contributed by atoms with van der Waals surface area (Å²) >= 11 is 0. The van der Waals surface area contributed by atoms with Crippen LogP contribution in [0.25, 0.3) is 6.08 Å². The van der Waals surface area contributed by atoms with Gasteiger partial charge in [-0.25, -0.2) is 0 Å². The van der Waals surface area contributed by atoms with E-state index in [1.54, 1.807) is 0 Å². The number of quaternary nitrogens is 1. The maximum absolute atomic E-state index is 12.6. The second-order valence-electron chi connectivity index (χ2n) is 12.1. The van der Waals surface area contributed by atoms with E-state index in [-0.39, 0.29) is 5.91 Å². The van der Waals surface area contributed by atoms with Crippen molar-refractivity contribution in [3.05, 3.63) is 75.9 Å². The molecule has 0 radical (unpaired) electrons. The van der Waals surface area contributed by atoms with Gasteiger partial charge in [0, 0.05) is 12.1 Å². The second-order valence-corrected chi connectivity index (χ2v) is 12.1. The van der Waals surface area contributed by atoms with Crippen LogP contribution < -0.4 is 5.32 Å². The zero-order chi connectivity index (χ0) is 28.6. The minimum Gasteiger partial charge on any atom is -0.346 e. The quantitative estimate of drug-likeness (QED) is 0.168. The molecule has 1 aromatic carbocycles. The molecule has 0 aliphatic carbocycles. The van der Waals surface area contributed by atoms with Gasteiger partial charge in [0.2, 0.25) is 0 Å². The first-order valence-electron chi connectivity index (χ1n) is 14.3. The minimum atomic E-state index is 0.00315. The first kappa shape index (κ1) is 33.6. The van der Waals surface area contributed by atoms with E-state index in [2.05, 4.69) is 97.3 Å². The van der Waals surface area contributed by atoms with E-state index < -0.39 is 0 Å². The molecule has 4 nitrogen and oxygen atoms in total. The fraction of sp³-hybridized carbons (Fsp3) is 0.559. The van der Waals surface area contributed by atoms with E-state index in [1.807, 2.05) is 24.3 Å². The highest BCUT2D eigenvalue weighted by Crippen LogP contribution is 2.16. The van der Waals surface area contributed by atoms with E-state index in [1.165, 1.54) is 28.7 Å². The summed E-state index contributed by atoms with van der Waals surface area (Å²) in [5.74, 6) is 0.00315. The van der Waals surface area contributed by atoms with Crippen LogP contribution in [0.1, 0.15) is 89.1 Å². The summed E-state index contributed by atoms with van der Waals surface area (Å²) in [6, 6.07) is 7.95. The summed E-state index contributed by atoms with van der Waals surface area (Å²) in [6.07, 6.45) is 16.0. The maximum Gasteiger partial charge on any atom is 0.251 e. The van der Waals surface area contributed by atoms with Gasteiger partial charge in [0.1, 0.15) is 0 Å². The lowest BCUT2D eigenvalue weighted by atomic mass is 10.0. The number of nitrogens with zero attached hydrogens (tertiary/aromatic N) is 2. The van der Waals surface area contributed by atoms with Gasteiger partial charge in [-0.05, 0) is 105 Å². The van der Waals surface area contributed by atoms with Gasteiger partial charge in [-0.3, -0.25) is 4.79 Å². The van der Waals surface area contributed by atoms with Crippen molar-refractivity contribution in [1.29, 1.82) is 0 Å². The van der Waals surface area contributed by atoms with Crippen LogP contribution in [0, 0.1) is 0 Å². The molecule has 0 aromatic heterocycles. The van der Waals surface area contributed by atoms with Crippen molar-refractivity contribution in [3.8, 4) is 0 Å². The molecule has 0 spiro atoms. The van der Waals surface area contributed by atoms with Gasteiger partial charge in [-0.2, -0.15) is 0 Å². The van der Waals surface area contributed by atoms with Crippen LogP contribution in [0.15, 0.2) is 64.8 Å². The molecule has 1 rings (SSSR count). The Balaban J connectivity index is 2.43. The topological polar surface area (TPSA) is 32.3 Å². The molecule has 1 amide bonds. The molecule has 38 heavy (non-hydrogen) atoms. The molecule has 0 fully saturated rings. The largest absolute Gasteiger partial charge is 0.346 e. The van der Waals surface area contributed by atoms with Crippen LogP contribution in [-0.4, -0.2) is 69.7 Å². The number of allylic oxidation sites excluding steroid dienone is 7. The van der Waals surface area contributed by atoms with E-state index in [0.717, 1.165) is 67.3 Å². The Morgan fingerprint density at radius 1 is 0.789 bits per heavy atom. The Hall–Kier alpha value is -2.43. The Morgan fingerprint density at radius 3 is 1.84 bits per heavy atom. The number of benzene rings is 1. The highest BCUT2D eigenvalue weighted by atomic mass is 16.1. The zero-order valence-electron chi connectivity index (χ0n) is 26.0. The van der Waals surface area contributed by atoms with E-state index in [0.29, 0.717) is 6.54 Å². The fourth-order valence-electron chi connectivity index (χ4n) is 4.13. The molecule has 4 heteroatoms. The summed E-state index contributed by atoms with van der Waals surface area (Å²) in [4.78, 5) is 14.8. The van der Waals surface area contributed by atoms with Crippen LogP contribution in [0.2, 0.25) is 0 Å². The molecule has 1 aromatic rings. The number of hydrogen-bond donors (Lipinski definition) is 1. The number of amides is 1. The molecular formula is C34H56N3O+. The van der Waals surface area contributed by atoms with Crippen molar-refractivity contribution in [2.75, 3.05) is 54.4 Å². The Bertz CT molecular complexity index is 958. The van der Waals surface area contributed by atoms with Crippen molar-refractivity contribution in [2.45, 2.75) is 73.1 Å². The van der Waals surface area contributed by atoms with Crippen molar-refractivity contribution < 1.29 is 9.28 Å². The molecule has 0 unspecified atom stereocenters. The molecule has 0 heterocycles. The highest BCUT2D eigenvalue weighted by Gasteiger charge is 2.15. The maximum atomic E-state index is 12.6. The van der Waals surface area contributed by atoms with E-state index >= 15 is 0 Å². The van der Waals surface area contributed by atoms with Crippen LogP contribution in [0.5, 0.6) is 0 Å². The lowest BCUT2D eigenvalue weighted by Gasteiger charge is -2.31. The van der Waals surface area contributed by atoms with Crippen molar-refractivity contribution >= 4 is 12.0 Å². The molecule has 0 aliphatic heterocycles. The monoisotopic (exact) mass is 522 g/mol. The second kappa shape index (κ2) is 18.0. The fourth-order valence-corrected chi connectivity index (χ4v) is 4.13. The van der Waals surface area contributed by atoms with Gasteiger partial charge in [0.15, 0.2) is 0 Å². The molecule has 0 saturated heterocycles. The van der Waals surface area contributed by atoms with Crippen molar-refractivity contribution in [1.82, 2.24) is 10.2 Å². The third kappa shape index (κ3) is 16.4. The molecule has 0 saturated carbocycles. The Labute approximate surface area is 234 Å². The van der Waals surface area contributed by atoms with Gasteiger partial charge in [-0.15, -0.1) is 0 Å². The summed E-state index contributed by atoms with van der Waals surface area (Å²) in [7, 11) is 8.61. The number of carbonyl (C=O) groups is 1. The zero-order valence-corrected chi connectivity index (χ0v) is 26.0. The van der Waals surface area contributed by atoms with Gasteiger partial charge >= 0.3 is 0 Å². The summed E-state index contributed by atoms with van der Waals surface area (Å²) in [5.41, 5.74) is 7.60. The molecular weight excluding hydrogens is 466 g/mol. The normalized spacial score (nSPS) is 13.2. The van der Waals surface area contributed by atoms with Crippen LogP contribution in [-0.2, 0) is 0 Å². The lowest BCUT2D eigenvalue weighted by Crippen LogP contribution is -2.48. The minimum absolute atomic E-state index is 0.00315. The standard InChI is InChI=1S/C34H55N3O/c1-28(2)13-10-14-29(3)15-11-16-30(4)17-12-18-31(5)27-32-19-21-33(22-20-32)34(38)35-23-25-37(8,9)26-24-36(6)7/h13,15,17,19-22,27H,10-12,14,16,18,23-26H2,1-9H3/p+1. The predicted octanol–water partition coefficient (Wildman–Crippen LogP) is 7.66. The number of nitrogens with one attached hydrogen (secondary N) is 1. The van der Waals surface area contributed by atoms with E-state index in [9.17, 15) is 4.79 Å². The van der Waals surface area contributed by atoms with Gasteiger partial charge in [-0.1, -0.05) is 58.7 Å². The van der Waals surface area contributed by atoms with E-state index in [4.69, 9.17) is 0 Å². The molecule has 212 valence electrons. The van der Waals surface area contributed by atoms with Crippen LogP contribution in [0.4, 0.5) is 0 Å². The molecule has 0 atom stereocenters. The Morgan fingerprint density at radius 2 is 1.32 bits per heavy atom. The van der Waals surface area contributed by atoms with Crippen molar-refractivity contribution in [3.63, 3.8) is 0 Å².